The summed E-state index contributed by atoms with van der Waals surface area (Å²) >= 11 is 0. The number of hydrogen-bond donors (Lipinski definition) is 1. The molecule has 3 aromatic rings. The van der Waals surface area contributed by atoms with Crippen LogP contribution in [-0.4, -0.2) is 15.5 Å². The van der Waals surface area contributed by atoms with Crippen LogP contribution in [0.3, 0.4) is 0 Å². The smallest absolute Gasteiger partial charge is 0.342 e. The fourth-order valence-corrected chi connectivity index (χ4v) is 3.47. The number of halogens is 3. The fourth-order valence-electron chi connectivity index (χ4n) is 3.47. The Hall–Kier alpha value is -2.83. The van der Waals surface area contributed by atoms with E-state index >= 15 is 0 Å². The molecule has 0 saturated carbocycles. The first-order chi connectivity index (χ1) is 13.8. The molecule has 160 valence electrons. The van der Waals surface area contributed by atoms with Gasteiger partial charge in [-0.15, -0.1) is 0 Å². The van der Waals surface area contributed by atoms with Crippen LogP contribution < -0.4 is 5.32 Å². The third kappa shape index (κ3) is 5.01. The van der Waals surface area contributed by atoms with Crippen LogP contribution in [0.4, 0.5) is 19.0 Å². The second kappa shape index (κ2) is 7.78. The van der Waals surface area contributed by atoms with Gasteiger partial charge in [-0.1, -0.05) is 32.9 Å². The van der Waals surface area contributed by atoms with Crippen LogP contribution in [0.5, 0.6) is 0 Å². The third-order valence-corrected chi connectivity index (χ3v) is 4.84. The zero-order chi connectivity index (χ0) is 22.3. The molecule has 1 aromatic carbocycles. The molecular weight excluding hydrogens is 391 g/mol. The molecule has 0 aliphatic carbocycles. The molecule has 0 unspecified atom stereocenters. The molecule has 0 bridgehead atoms. The van der Waals surface area contributed by atoms with Gasteiger partial charge in [-0.25, -0.2) is 4.98 Å². The monoisotopic (exact) mass is 417 g/mol. The zero-order valence-electron chi connectivity index (χ0n) is 17.8. The number of anilines is 1. The molecule has 0 fully saturated rings. The Morgan fingerprint density at radius 2 is 1.77 bits per heavy atom. The van der Waals surface area contributed by atoms with E-state index in [4.69, 9.17) is 0 Å². The number of pyridine rings is 1. The number of benzene rings is 1. The Kier molecular flexibility index (Phi) is 5.67. The third-order valence-electron chi connectivity index (χ3n) is 4.84. The second-order valence-corrected chi connectivity index (χ2v) is 8.93. The summed E-state index contributed by atoms with van der Waals surface area (Å²) in [6.07, 6.45) is -2.11. The minimum atomic E-state index is -4.35. The molecule has 30 heavy (non-hydrogen) atoms. The van der Waals surface area contributed by atoms with Crippen LogP contribution >= 0.6 is 0 Å². The molecule has 1 amide bonds. The molecule has 1 N–H and O–H groups in total. The summed E-state index contributed by atoms with van der Waals surface area (Å²) in [5, 5.41) is 2.88. The Balaban J connectivity index is 1.85. The van der Waals surface area contributed by atoms with E-state index in [2.05, 4.69) is 10.3 Å². The van der Waals surface area contributed by atoms with Gasteiger partial charge in [0.25, 0.3) is 0 Å². The summed E-state index contributed by atoms with van der Waals surface area (Å²) in [4.78, 5) is 16.8. The predicted octanol–water partition coefficient (Wildman–Crippen LogP) is 6.09. The highest BCUT2D eigenvalue weighted by molar-refractivity contribution is 5.92. The lowest BCUT2D eigenvalue weighted by atomic mass is 9.92. The maximum absolute atomic E-state index is 13.0. The Labute approximate surface area is 174 Å². The van der Waals surface area contributed by atoms with Gasteiger partial charge < -0.3 is 9.88 Å². The quantitative estimate of drug-likeness (QED) is 0.558. The van der Waals surface area contributed by atoms with Crippen LogP contribution in [0.2, 0.25) is 0 Å². The van der Waals surface area contributed by atoms with Gasteiger partial charge in [0, 0.05) is 19.2 Å². The Morgan fingerprint density at radius 3 is 2.37 bits per heavy atom. The van der Waals surface area contributed by atoms with E-state index in [0.29, 0.717) is 18.8 Å². The maximum atomic E-state index is 13.0. The number of nitrogens with one attached hydrogen (secondary N) is 1. The first kappa shape index (κ1) is 21.9. The highest BCUT2D eigenvalue weighted by Crippen LogP contribution is 2.32. The average molecular weight is 417 g/mol. The van der Waals surface area contributed by atoms with Crippen molar-refractivity contribution >= 4 is 22.8 Å². The minimum absolute atomic E-state index is 0.0860. The normalized spacial score (nSPS) is 12.4. The number of carbonyl (C=O) groups is 1. The van der Waals surface area contributed by atoms with Gasteiger partial charge >= 0.3 is 6.18 Å². The summed E-state index contributed by atoms with van der Waals surface area (Å²) in [6, 6.07) is 7.97. The number of aromatic nitrogens is 2. The van der Waals surface area contributed by atoms with E-state index in [1.165, 1.54) is 13.0 Å². The van der Waals surface area contributed by atoms with Gasteiger partial charge in [-0.3, -0.25) is 4.79 Å². The number of alkyl halides is 3. The number of amides is 1. The van der Waals surface area contributed by atoms with E-state index in [9.17, 15) is 18.0 Å². The summed E-state index contributed by atoms with van der Waals surface area (Å²) in [5.74, 6) is 0.442. The van der Waals surface area contributed by atoms with Gasteiger partial charge in [0.1, 0.15) is 5.82 Å². The van der Waals surface area contributed by atoms with Crippen molar-refractivity contribution in [1.29, 1.82) is 0 Å². The first-order valence-electron chi connectivity index (χ1n) is 9.76. The van der Waals surface area contributed by atoms with Gasteiger partial charge in [0.15, 0.2) is 0 Å². The standard InChI is InChI=1S/C23H26F3N3O/c1-14-10-16(6-7-17(14)23(24,25)26)13-29-9-8-18-19(29)11-15(2)21(27-18)28-20(30)12-22(3,4)5/h6-11H,12-13H2,1-5H3,(H,27,28,30). The van der Waals surface area contributed by atoms with Crippen molar-refractivity contribution < 1.29 is 18.0 Å². The fraction of sp³-hybridized carbons (Fsp3) is 0.391. The van der Waals surface area contributed by atoms with Crippen LogP contribution in [0, 0.1) is 19.3 Å². The number of hydrogen-bond acceptors (Lipinski definition) is 2. The van der Waals surface area contributed by atoms with Crippen LogP contribution in [0.25, 0.3) is 11.0 Å². The molecule has 0 aliphatic rings. The SMILES string of the molecule is Cc1cc(Cn2ccc3nc(NC(=O)CC(C)(C)C)c(C)cc32)ccc1C(F)(F)F. The molecule has 7 heteroatoms. The number of rotatable bonds is 4. The van der Waals surface area contributed by atoms with Crippen molar-refractivity contribution in [3.05, 3.63) is 58.8 Å². The molecule has 0 atom stereocenters. The molecule has 2 heterocycles. The van der Waals surface area contributed by atoms with Gasteiger partial charge in [0.05, 0.1) is 16.6 Å². The van der Waals surface area contributed by atoms with E-state index < -0.39 is 11.7 Å². The van der Waals surface area contributed by atoms with Crippen LogP contribution in [-0.2, 0) is 17.5 Å². The van der Waals surface area contributed by atoms with Crippen molar-refractivity contribution in [3.8, 4) is 0 Å². The first-order valence-corrected chi connectivity index (χ1v) is 9.76. The summed E-state index contributed by atoms with van der Waals surface area (Å²) < 4.78 is 40.9. The van der Waals surface area contributed by atoms with Crippen LogP contribution in [0.15, 0.2) is 36.5 Å². The molecule has 4 nitrogen and oxygen atoms in total. The topological polar surface area (TPSA) is 46.9 Å². The van der Waals surface area contributed by atoms with E-state index in [1.54, 1.807) is 6.07 Å². The molecular formula is C23H26F3N3O. The Morgan fingerprint density at radius 1 is 1.07 bits per heavy atom. The molecule has 2 aromatic heterocycles. The van der Waals surface area contributed by atoms with E-state index in [0.717, 1.165) is 28.2 Å². The van der Waals surface area contributed by atoms with Crippen molar-refractivity contribution in [1.82, 2.24) is 9.55 Å². The minimum Gasteiger partial charge on any atom is -0.342 e. The van der Waals surface area contributed by atoms with Gasteiger partial charge in [-0.2, -0.15) is 13.2 Å². The van der Waals surface area contributed by atoms with Crippen LogP contribution in [0.1, 0.15) is 49.4 Å². The second-order valence-electron chi connectivity index (χ2n) is 8.93. The number of fused-ring (bicyclic) bond motifs is 1. The molecule has 0 aliphatic heterocycles. The van der Waals surface area contributed by atoms with Crippen molar-refractivity contribution in [2.24, 2.45) is 5.41 Å². The van der Waals surface area contributed by atoms with E-state index in [1.807, 2.05) is 50.6 Å². The largest absolute Gasteiger partial charge is 0.416 e. The average Bonchev–Trinajstić information content (AvgIpc) is 2.94. The summed E-state index contributed by atoms with van der Waals surface area (Å²) in [5.41, 5.74) is 2.65. The lowest BCUT2D eigenvalue weighted by Gasteiger charge is -2.17. The van der Waals surface area contributed by atoms with E-state index in [-0.39, 0.29) is 16.9 Å². The van der Waals surface area contributed by atoms with Crippen molar-refractivity contribution in [2.45, 2.75) is 53.8 Å². The summed E-state index contributed by atoms with van der Waals surface area (Å²) in [6.45, 7) is 9.77. The lowest BCUT2D eigenvalue weighted by Crippen LogP contribution is -2.20. The Bertz CT molecular complexity index is 1090. The number of carbonyl (C=O) groups excluding carboxylic acids is 1. The lowest BCUT2D eigenvalue weighted by molar-refractivity contribution is -0.138. The maximum Gasteiger partial charge on any atom is 0.416 e. The number of aryl methyl sites for hydroxylation is 2. The zero-order valence-corrected chi connectivity index (χ0v) is 17.8. The molecule has 3 rings (SSSR count). The summed E-state index contributed by atoms with van der Waals surface area (Å²) in [7, 11) is 0. The highest BCUT2D eigenvalue weighted by atomic mass is 19.4. The molecule has 0 radical (unpaired) electrons. The van der Waals surface area contributed by atoms with Crippen molar-refractivity contribution in [3.63, 3.8) is 0 Å². The van der Waals surface area contributed by atoms with Gasteiger partial charge in [-0.05, 0) is 54.2 Å². The predicted molar refractivity (Wildman–Crippen MR) is 112 cm³/mol. The molecule has 0 spiro atoms. The van der Waals surface area contributed by atoms with Crippen molar-refractivity contribution in [2.75, 3.05) is 5.32 Å². The van der Waals surface area contributed by atoms with Gasteiger partial charge in [0.2, 0.25) is 5.91 Å². The molecule has 0 saturated heterocycles. The number of nitrogens with zero attached hydrogens (tertiary/aromatic N) is 2. The highest BCUT2D eigenvalue weighted by Gasteiger charge is 2.32.